The van der Waals surface area contributed by atoms with Gasteiger partial charge in [0.25, 0.3) is 0 Å². The number of carbonyl (C=O) groups is 2. The highest BCUT2D eigenvalue weighted by Crippen LogP contribution is 2.67. The first kappa shape index (κ1) is 25.6. The number of alkyl halides is 2. The summed E-state index contributed by atoms with van der Waals surface area (Å²) >= 11 is 0. The van der Waals surface area contributed by atoms with Crippen molar-refractivity contribution in [3.63, 3.8) is 0 Å². The molecule has 3 saturated carbocycles. The van der Waals surface area contributed by atoms with Gasteiger partial charge in [0.15, 0.2) is 0 Å². The third-order valence-electron chi connectivity index (χ3n) is 10.3. The number of fused-ring (bicyclic) bond motifs is 5. The summed E-state index contributed by atoms with van der Waals surface area (Å²) in [5.41, 5.74) is 1.66. The minimum absolute atomic E-state index is 0.00000751. The average Bonchev–Trinajstić information content (AvgIpc) is 3.11. The Hall–Kier alpha value is -1.46. The predicted octanol–water partition coefficient (Wildman–Crippen LogP) is 6.72. The Morgan fingerprint density at radius 1 is 1.15 bits per heavy atom. The van der Waals surface area contributed by atoms with Crippen LogP contribution in [0.1, 0.15) is 92.4 Å². The quantitative estimate of drug-likeness (QED) is 0.313. The zero-order valence-electron chi connectivity index (χ0n) is 21.5. The van der Waals surface area contributed by atoms with E-state index in [1.165, 1.54) is 12.5 Å². The van der Waals surface area contributed by atoms with Gasteiger partial charge in [-0.25, -0.2) is 4.79 Å². The maximum absolute atomic E-state index is 14.6. The maximum atomic E-state index is 14.6. The maximum Gasteiger partial charge on any atom is 0.376 e. The van der Waals surface area contributed by atoms with Gasteiger partial charge in [-0.3, -0.25) is 4.79 Å². The number of esters is 2. The van der Waals surface area contributed by atoms with Crippen LogP contribution in [0.25, 0.3) is 0 Å². The van der Waals surface area contributed by atoms with E-state index in [1.54, 1.807) is 6.92 Å². The van der Waals surface area contributed by atoms with Gasteiger partial charge in [0.2, 0.25) is 0 Å². The van der Waals surface area contributed by atoms with Crippen molar-refractivity contribution in [2.45, 2.75) is 104 Å². The summed E-state index contributed by atoms with van der Waals surface area (Å²) in [6.45, 7) is 9.69. The molecule has 0 N–H and O–H groups in total. The third-order valence-corrected chi connectivity index (χ3v) is 10.3. The topological polar surface area (TPSA) is 52.6 Å². The van der Waals surface area contributed by atoms with Crippen LogP contribution in [-0.2, 0) is 19.1 Å². The van der Waals surface area contributed by atoms with E-state index in [9.17, 15) is 18.4 Å². The van der Waals surface area contributed by atoms with Crippen LogP contribution in [0, 0.1) is 40.4 Å². The molecule has 0 bridgehead atoms. The molecule has 192 valence electrons. The first-order valence-electron chi connectivity index (χ1n) is 13.3. The Morgan fingerprint density at radius 3 is 2.56 bits per heavy atom. The molecular formula is C28H42F2O4. The number of hydrogen-bond donors (Lipinski definition) is 0. The highest BCUT2D eigenvalue weighted by molar-refractivity contribution is 5.77. The van der Waals surface area contributed by atoms with Crippen molar-refractivity contribution < 1.29 is 27.8 Å². The fraction of sp³-hybridized carbons (Fsp3) is 0.857. The lowest BCUT2D eigenvalue weighted by molar-refractivity contribution is -0.175. The molecule has 4 aliphatic carbocycles. The summed E-state index contributed by atoms with van der Waals surface area (Å²) in [6, 6.07) is 0. The molecule has 4 nitrogen and oxygen atoms in total. The molecule has 4 unspecified atom stereocenters. The van der Waals surface area contributed by atoms with Crippen molar-refractivity contribution in [3.05, 3.63) is 11.6 Å². The molecule has 0 heterocycles. The lowest BCUT2D eigenvalue weighted by Gasteiger charge is -2.58. The minimum atomic E-state index is -3.42. The van der Waals surface area contributed by atoms with Gasteiger partial charge >= 0.3 is 17.9 Å². The number of ether oxygens (including phenoxy) is 2. The molecule has 3 fully saturated rings. The largest absolute Gasteiger partial charge is 0.462 e. The van der Waals surface area contributed by atoms with Crippen LogP contribution in [0.3, 0.4) is 0 Å². The molecule has 34 heavy (non-hydrogen) atoms. The standard InChI is InChI=1S/C28H42F2O4/c1-6-33-25(32)28(29,30)16-17(2)22-9-10-23-21-8-7-19-15-20(34-18(3)31)11-13-26(19,4)24(21)12-14-27(22,23)5/h7,17,20-24H,6,8-16H2,1-5H3/t17-,20+,21?,22?,23?,24?,26+,27-/m1/s1. The Balaban J connectivity index is 1.49. The molecule has 4 aliphatic rings. The van der Waals surface area contributed by atoms with E-state index in [0.29, 0.717) is 17.8 Å². The zero-order chi connectivity index (χ0) is 24.9. The van der Waals surface area contributed by atoms with Gasteiger partial charge in [-0.2, -0.15) is 8.78 Å². The van der Waals surface area contributed by atoms with Gasteiger partial charge in [0, 0.05) is 19.8 Å². The van der Waals surface area contributed by atoms with E-state index in [1.807, 2.05) is 6.92 Å². The molecule has 0 radical (unpaired) electrons. The van der Waals surface area contributed by atoms with Crippen molar-refractivity contribution in [2.75, 3.05) is 6.61 Å². The van der Waals surface area contributed by atoms with Crippen LogP contribution in [0.2, 0.25) is 0 Å². The van der Waals surface area contributed by atoms with Crippen molar-refractivity contribution in [1.82, 2.24) is 0 Å². The van der Waals surface area contributed by atoms with Crippen molar-refractivity contribution in [1.29, 1.82) is 0 Å². The smallest absolute Gasteiger partial charge is 0.376 e. The van der Waals surface area contributed by atoms with Crippen LogP contribution in [-0.4, -0.2) is 30.6 Å². The van der Waals surface area contributed by atoms with Crippen LogP contribution in [0.15, 0.2) is 11.6 Å². The van der Waals surface area contributed by atoms with Crippen LogP contribution in [0.5, 0.6) is 0 Å². The lowest BCUT2D eigenvalue weighted by atomic mass is 9.47. The second-order valence-electron chi connectivity index (χ2n) is 12.1. The second-order valence-corrected chi connectivity index (χ2v) is 12.1. The van der Waals surface area contributed by atoms with Crippen LogP contribution >= 0.6 is 0 Å². The fourth-order valence-corrected chi connectivity index (χ4v) is 8.80. The van der Waals surface area contributed by atoms with Crippen molar-refractivity contribution >= 4 is 11.9 Å². The molecule has 0 aliphatic heterocycles. The summed E-state index contributed by atoms with van der Waals surface area (Å²) in [5, 5.41) is 0. The molecule has 0 aromatic carbocycles. The van der Waals surface area contributed by atoms with E-state index >= 15 is 0 Å². The molecule has 0 aromatic rings. The second kappa shape index (κ2) is 9.20. The average molecular weight is 481 g/mol. The van der Waals surface area contributed by atoms with Gasteiger partial charge in [-0.15, -0.1) is 0 Å². The highest BCUT2D eigenvalue weighted by Gasteiger charge is 2.60. The number of carbonyl (C=O) groups excluding carboxylic acids is 2. The van der Waals surface area contributed by atoms with Gasteiger partial charge in [-0.1, -0.05) is 32.4 Å². The number of hydrogen-bond acceptors (Lipinski definition) is 4. The summed E-state index contributed by atoms with van der Waals surface area (Å²) in [6.07, 6.45) is 10.1. The predicted molar refractivity (Wildman–Crippen MR) is 126 cm³/mol. The van der Waals surface area contributed by atoms with Gasteiger partial charge in [0.05, 0.1) is 6.61 Å². The molecule has 0 aromatic heterocycles. The van der Waals surface area contributed by atoms with Crippen molar-refractivity contribution in [3.8, 4) is 0 Å². The first-order chi connectivity index (χ1) is 15.9. The Morgan fingerprint density at radius 2 is 1.88 bits per heavy atom. The van der Waals surface area contributed by atoms with Gasteiger partial charge < -0.3 is 9.47 Å². The normalized spacial score (nSPS) is 40.3. The molecule has 0 saturated heterocycles. The zero-order valence-corrected chi connectivity index (χ0v) is 21.5. The summed E-state index contributed by atoms with van der Waals surface area (Å²) in [5.74, 6) is -3.29. The van der Waals surface area contributed by atoms with Crippen LogP contribution in [0.4, 0.5) is 8.78 Å². The number of rotatable bonds is 6. The summed E-state index contributed by atoms with van der Waals surface area (Å²) in [7, 11) is 0. The molecule has 6 heteroatoms. The molecule has 0 amide bonds. The molecule has 8 atom stereocenters. The highest BCUT2D eigenvalue weighted by atomic mass is 19.3. The van der Waals surface area contributed by atoms with Crippen LogP contribution < -0.4 is 0 Å². The van der Waals surface area contributed by atoms with E-state index in [2.05, 4.69) is 24.7 Å². The Kier molecular flexibility index (Phi) is 6.94. The Labute approximate surface area is 203 Å². The molecule has 0 spiro atoms. The lowest BCUT2D eigenvalue weighted by Crippen LogP contribution is -2.51. The SMILES string of the molecule is CCOC(=O)C(F)(F)C[C@@H](C)C1CCC2C3CC=C4C[C@@H](OC(C)=O)CC[C@]4(C)C3CC[C@@]21C. The minimum Gasteiger partial charge on any atom is -0.462 e. The third kappa shape index (κ3) is 4.32. The number of halogens is 2. The summed E-state index contributed by atoms with van der Waals surface area (Å²) in [4.78, 5) is 23.3. The molecular weight excluding hydrogens is 438 g/mol. The van der Waals surface area contributed by atoms with Crippen molar-refractivity contribution in [2.24, 2.45) is 40.4 Å². The fourth-order valence-electron chi connectivity index (χ4n) is 8.80. The van der Waals surface area contributed by atoms with E-state index in [4.69, 9.17) is 4.74 Å². The Bertz CT molecular complexity index is 838. The first-order valence-corrected chi connectivity index (χ1v) is 13.3. The van der Waals surface area contributed by atoms with E-state index in [0.717, 1.165) is 51.4 Å². The van der Waals surface area contributed by atoms with E-state index in [-0.39, 0.29) is 41.3 Å². The summed E-state index contributed by atoms with van der Waals surface area (Å²) < 4.78 is 39.3. The van der Waals surface area contributed by atoms with E-state index < -0.39 is 18.3 Å². The number of allylic oxidation sites excluding steroid dienone is 1. The monoisotopic (exact) mass is 480 g/mol. The van der Waals surface area contributed by atoms with Gasteiger partial charge in [-0.05, 0) is 92.3 Å². The van der Waals surface area contributed by atoms with Gasteiger partial charge in [0.1, 0.15) is 6.10 Å². The molecule has 4 rings (SSSR count).